The molecule has 0 saturated heterocycles. The zero-order valence-corrected chi connectivity index (χ0v) is 14.7. The summed E-state index contributed by atoms with van der Waals surface area (Å²) >= 11 is 5.08. The molecule has 2 N–H and O–H groups in total. The minimum atomic E-state index is -2.96. The molecule has 0 spiro atoms. The number of alkyl halides is 2. The van der Waals surface area contributed by atoms with Gasteiger partial charge in [-0.2, -0.15) is 0 Å². The monoisotopic (exact) mass is 378 g/mol. The number of anilines is 1. The van der Waals surface area contributed by atoms with E-state index in [2.05, 4.69) is 10.6 Å². The molecule has 0 fully saturated rings. The van der Waals surface area contributed by atoms with Crippen LogP contribution in [0.15, 0.2) is 42.5 Å². The van der Waals surface area contributed by atoms with Crippen LogP contribution in [-0.2, 0) is 5.92 Å². The minimum absolute atomic E-state index is 0.00135. The summed E-state index contributed by atoms with van der Waals surface area (Å²) < 4.78 is 37.6. The lowest BCUT2D eigenvalue weighted by Crippen LogP contribution is -2.34. The summed E-state index contributed by atoms with van der Waals surface area (Å²) in [6.45, 7) is 1.69. The van der Waals surface area contributed by atoms with Gasteiger partial charge in [0.1, 0.15) is 13.2 Å². The molecule has 0 aromatic heterocycles. The number of carbonyl (C=O) groups excluding carboxylic acids is 1. The van der Waals surface area contributed by atoms with Crippen LogP contribution in [0.1, 0.15) is 22.8 Å². The van der Waals surface area contributed by atoms with E-state index < -0.39 is 11.8 Å². The van der Waals surface area contributed by atoms with Gasteiger partial charge >= 0.3 is 0 Å². The van der Waals surface area contributed by atoms with Crippen LogP contribution in [0.25, 0.3) is 0 Å². The summed E-state index contributed by atoms with van der Waals surface area (Å²) in [5.74, 6) is -2.35. The van der Waals surface area contributed by atoms with Crippen LogP contribution in [0, 0.1) is 0 Å². The van der Waals surface area contributed by atoms with Gasteiger partial charge in [-0.05, 0) is 42.5 Å². The molecule has 1 heterocycles. The highest BCUT2D eigenvalue weighted by Crippen LogP contribution is 2.31. The highest BCUT2D eigenvalue weighted by atomic mass is 32.1. The van der Waals surface area contributed by atoms with Gasteiger partial charge in [0.05, 0.1) is 0 Å². The molecule has 2 aromatic rings. The molecule has 0 atom stereocenters. The van der Waals surface area contributed by atoms with Crippen molar-refractivity contribution in [2.45, 2.75) is 12.8 Å². The third kappa shape index (κ3) is 4.26. The maximum absolute atomic E-state index is 13.4. The Bertz CT molecular complexity index is 853. The van der Waals surface area contributed by atoms with E-state index in [4.69, 9.17) is 21.7 Å². The molecule has 8 heteroatoms. The lowest BCUT2D eigenvalue weighted by atomic mass is 10.1. The second kappa shape index (κ2) is 7.25. The third-order valence-electron chi connectivity index (χ3n) is 3.66. The molecule has 0 radical (unpaired) electrons. The Morgan fingerprint density at radius 3 is 2.58 bits per heavy atom. The zero-order valence-electron chi connectivity index (χ0n) is 13.8. The number of fused-ring (bicyclic) bond motifs is 1. The molecular formula is C18H16F2N2O3S. The standard InChI is InChI=1S/C18H16F2N2O3S/c1-18(19,20)12-3-2-4-13(10-12)21-17(26)22-16(23)11-5-6-14-15(9-11)25-8-7-24-14/h2-6,9-10H,7-8H2,1H3,(H2,21,22,23,26). The van der Waals surface area contributed by atoms with Crippen LogP contribution < -0.4 is 20.1 Å². The summed E-state index contributed by atoms with van der Waals surface area (Å²) in [6.07, 6.45) is 0. The van der Waals surface area contributed by atoms with Gasteiger partial charge in [0, 0.05) is 23.7 Å². The lowest BCUT2D eigenvalue weighted by molar-refractivity contribution is 0.0175. The summed E-state index contributed by atoms with van der Waals surface area (Å²) in [7, 11) is 0. The van der Waals surface area contributed by atoms with E-state index in [9.17, 15) is 13.6 Å². The number of halogens is 2. The maximum atomic E-state index is 13.4. The van der Waals surface area contributed by atoms with Crippen LogP contribution in [-0.4, -0.2) is 24.2 Å². The molecule has 0 bridgehead atoms. The number of benzene rings is 2. The van der Waals surface area contributed by atoms with Crippen LogP contribution >= 0.6 is 12.2 Å². The van der Waals surface area contributed by atoms with E-state index in [1.165, 1.54) is 18.2 Å². The fourth-order valence-corrected chi connectivity index (χ4v) is 2.60. The fourth-order valence-electron chi connectivity index (χ4n) is 2.39. The van der Waals surface area contributed by atoms with Gasteiger partial charge in [-0.25, -0.2) is 8.78 Å². The number of carbonyl (C=O) groups is 1. The molecule has 5 nitrogen and oxygen atoms in total. The van der Waals surface area contributed by atoms with Crippen molar-refractivity contribution in [1.82, 2.24) is 5.32 Å². The smallest absolute Gasteiger partial charge is 0.270 e. The first kappa shape index (κ1) is 18.1. The van der Waals surface area contributed by atoms with Crippen molar-refractivity contribution < 1.29 is 23.0 Å². The van der Waals surface area contributed by atoms with Crippen molar-refractivity contribution in [1.29, 1.82) is 0 Å². The fraction of sp³-hybridized carbons (Fsp3) is 0.222. The van der Waals surface area contributed by atoms with Crippen molar-refractivity contribution in [2.75, 3.05) is 18.5 Å². The predicted molar refractivity (Wildman–Crippen MR) is 97.1 cm³/mol. The molecular weight excluding hydrogens is 362 g/mol. The molecule has 1 amide bonds. The van der Waals surface area contributed by atoms with E-state index in [-0.39, 0.29) is 10.7 Å². The van der Waals surface area contributed by atoms with Crippen LogP contribution in [0.4, 0.5) is 14.5 Å². The van der Waals surface area contributed by atoms with E-state index in [1.807, 2.05) is 0 Å². The van der Waals surface area contributed by atoms with Crippen molar-refractivity contribution in [3.8, 4) is 11.5 Å². The van der Waals surface area contributed by atoms with Crippen molar-refractivity contribution in [2.24, 2.45) is 0 Å². The molecule has 2 aromatic carbocycles. The predicted octanol–water partition coefficient (Wildman–Crippen LogP) is 3.70. The van der Waals surface area contributed by atoms with Crippen LogP contribution in [0.2, 0.25) is 0 Å². The maximum Gasteiger partial charge on any atom is 0.270 e. The largest absolute Gasteiger partial charge is 0.486 e. The number of rotatable bonds is 3. The van der Waals surface area contributed by atoms with Gasteiger partial charge in [0.15, 0.2) is 16.6 Å². The minimum Gasteiger partial charge on any atom is -0.486 e. The Labute approximate surface area is 154 Å². The first-order valence-corrected chi connectivity index (χ1v) is 8.24. The zero-order chi connectivity index (χ0) is 18.7. The molecule has 3 rings (SSSR count). The third-order valence-corrected chi connectivity index (χ3v) is 3.86. The van der Waals surface area contributed by atoms with Crippen molar-refractivity contribution in [3.05, 3.63) is 53.6 Å². The Hall–Kier alpha value is -2.74. The second-order valence-corrected chi connectivity index (χ2v) is 6.14. The average Bonchev–Trinajstić information content (AvgIpc) is 2.60. The van der Waals surface area contributed by atoms with Gasteiger partial charge in [0.2, 0.25) is 0 Å². The van der Waals surface area contributed by atoms with E-state index in [1.54, 1.807) is 24.3 Å². The second-order valence-electron chi connectivity index (χ2n) is 5.74. The molecule has 26 heavy (non-hydrogen) atoms. The van der Waals surface area contributed by atoms with E-state index in [0.29, 0.717) is 36.0 Å². The summed E-state index contributed by atoms with van der Waals surface area (Å²) in [6, 6.07) is 10.5. The number of hydrogen-bond donors (Lipinski definition) is 2. The lowest BCUT2D eigenvalue weighted by Gasteiger charge is -2.19. The topological polar surface area (TPSA) is 59.6 Å². The molecule has 0 aliphatic carbocycles. The Kier molecular flexibility index (Phi) is 5.03. The Balaban J connectivity index is 1.66. The van der Waals surface area contributed by atoms with E-state index >= 15 is 0 Å². The quantitative estimate of drug-likeness (QED) is 0.798. The van der Waals surface area contributed by atoms with Crippen molar-refractivity contribution in [3.63, 3.8) is 0 Å². The molecule has 0 unspecified atom stereocenters. The first-order chi connectivity index (χ1) is 12.3. The number of ether oxygens (including phenoxy) is 2. The van der Waals surface area contributed by atoms with Gasteiger partial charge in [-0.15, -0.1) is 0 Å². The summed E-state index contributed by atoms with van der Waals surface area (Å²) in [4.78, 5) is 12.3. The average molecular weight is 378 g/mol. The Morgan fingerprint density at radius 1 is 1.12 bits per heavy atom. The molecule has 1 aliphatic heterocycles. The summed E-state index contributed by atoms with van der Waals surface area (Å²) in [5.41, 5.74) is 0.548. The number of thiocarbonyl (C=S) groups is 1. The molecule has 0 saturated carbocycles. The first-order valence-electron chi connectivity index (χ1n) is 7.83. The number of hydrogen-bond acceptors (Lipinski definition) is 4. The highest BCUT2D eigenvalue weighted by Gasteiger charge is 2.24. The number of amides is 1. The SMILES string of the molecule is CC(F)(F)c1cccc(NC(=S)NC(=O)c2ccc3c(c2)OCCO3)c1. The van der Waals surface area contributed by atoms with Crippen LogP contribution in [0.5, 0.6) is 11.5 Å². The van der Waals surface area contributed by atoms with Gasteiger partial charge in [-0.1, -0.05) is 12.1 Å². The van der Waals surface area contributed by atoms with Crippen LogP contribution in [0.3, 0.4) is 0 Å². The van der Waals surface area contributed by atoms with Gasteiger partial charge in [0.25, 0.3) is 11.8 Å². The summed E-state index contributed by atoms with van der Waals surface area (Å²) in [5, 5.41) is 5.24. The van der Waals surface area contributed by atoms with Gasteiger partial charge < -0.3 is 14.8 Å². The van der Waals surface area contributed by atoms with Gasteiger partial charge in [-0.3, -0.25) is 10.1 Å². The van der Waals surface area contributed by atoms with Crippen molar-refractivity contribution >= 4 is 28.9 Å². The highest BCUT2D eigenvalue weighted by molar-refractivity contribution is 7.80. The van der Waals surface area contributed by atoms with E-state index in [0.717, 1.165) is 6.92 Å². The molecule has 136 valence electrons. The normalized spacial score (nSPS) is 13.0. The molecule has 1 aliphatic rings. The Morgan fingerprint density at radius 2 is 1.85 bits per heavy atom. The number of nitrogens with one attached hydrogen (secondary N) is 2.